The maximum Gasteiger partial charge on any atom is 0.416 e. The quantitative estimate of drug-likeness (QED) is 0.923. The van der Waals surface area contributed by atoms with Crippen molar-refractivity contribution in [3.63, 3.8) is 0 Å². The summed E-state index contributed by atoms with van der Waals surface area (Å²) in [6.45, 7) is 0.0313. The standard InChI is InChI=1S/C10H7BrF3N3O/c11-7-2-1-5(10(12,13)14)3-6(7)9-17-16-8(4-15)18-9/h1-3H,4,15H2. The highest BCUT2D eigenvalue weighted by molar-refractivity contribution is 9.10. The van der Waals surface area contributed by atoms with E-state index in [1.165, 1.54) is 6.07 Å². The van der Waals surface area contributed by atoms with Crippen LogP contribution >= 0.6 is 15.9 Å². The molecule has 0 spiro atoms. The van der Waals surface area contributed by atoms with Gasteiger partial charge in [-0.05, 0) is 34.1 Å². The monoisotopic (exact) mass is 321 g/mol. The molecule has 0 atom stereocenters. The number of hydrogen-bond acceptors (Lipinski definition) is 4. The van der Waals surface area contributed by atoms with Crippen molar-refractivity contribution < 1.29 is 17.6 Å². The molecule has 4 nitrogen and oxygen atoms in total. The van der Waals surface area contributed by atoms with Crippen LogP contribution in [-0.4, -0.2) is 10.2 Å². The van der Waals surface area contributed by atoms with Crippen molar-refractivity contribution >= 4 is 15.9 Å². The number of aromatic nitrogens is 2. The third kappa shape index (κ3) is 2.54. The Hall–Kier alpha value is -1.41. The molecule has 96 valence electrons. The van der Waals surface area contributed by atoms with Gasteiger partial charge in [-0.25, -0.2) is 0 Å². The second kappa shape index (κ2) is 4.69. The molecule has 18 heavy (non-hydrogen) atoms. The molecule has 0 unspecified atom stereocenters. The summed E-state index contributed by atoms with van der Waals surface area (Å²) in [5.41, 5.74) is 4.68. The molecular weight excluding hydrogens is 315 g/mol. The van der Waals surface area contributed by atoms with E-state index in [0.717, 1.165) is 12.1 Å². The molecule has 1 aromatic carbocycles. The first-order valence-electron chi connectivity index (χ1n) is 4.81. The van der Waals surface area contributed by atoms with E-state index >= 15 is 0 Å². The van der Waals surface area contributed by atoms with Crippen LogP contribution in [0.15, 0.2) is 27.1 Å². The van der Waals surface area contributed by atoms with Gasteiger partial charge in [-0.1, -0.05) is 0 Å². The number of benzene rings is 1. The first-order chi connectivity index (χ1) is 8.41. The van der Waals surface area contributed by atoms with Crippen molar-refractivity contribution in [2.24, 2.45) is 5.73 Å². The lowest BCUT2D eigenvalue weighted by atomic mass is 10.1. The van der Waals surface area contributed by atoms with E-state index in [1.54, 1.807) is 0 Å². The van der Waals surface area contributed by atoms with Crippen LogP contribution in [0.2, 0.25) is 0 Å². The van der Waals surface area contributed by atoms with Crippen LogP contribution in [0, 0.1) is 0 Å². The zero-order valence-electron chi connectivity index (χ0n) is 8.83. The van der Waals surface area contributed by atoms with Crippen molar-refractivity contribution in [2.45, 2.75) is 12.7 Å². The third-order valence-corrected chi connectivity index (χ3v) is 2.86. The van der Waals surface area contributed by atoms with Gasteiger partial charge in [-0.3, -0.25) is 0 Å². The molecule has 0 aliphatic carbocycles. The molecular formula is C10H7BrF3N3O. The highest BCUT2D eigenvalue weighted by atomic mass is 79.9. The van der Waals surface area contributed by atoms with Crippen molar-refractivity contribution in [3.8, 4) is 11.5 Å². The van der Waals surface area contributed by atoms with Gasteiger partial charge < -0.3 is 10.2 Å². The van der Waals surface area contributed by atoms with Crippen molar-refractivity contribution in [3.05, 3.63) is 34.1 Å². The predicted molar refractivity (Wildman–Crippen MR) is 60.3 cm³/mol. The van der Waals surface area contributed by atoms with E-state index < -0.39 is 11.7 Å². The largest absolute Gasteiger partial charge is 0.419 e. The van der Waals surface area contributed by atoms with Crippen molar-refractivity contribution in [2.75, 3.05) is 0 Å². The van der Waals surface area contributed by atoms with Gasteiger partial charge in [0.05, 0.1) is 17.7 Å². The summed E-state index contributed by atoms with van der Waals surface area (Å²) in [5.74, 6) is 0.155. The highest BCUT2D eigenvalue weighted by Gasteiger charge is 2.31. The normalized spacial score (nSPS) is 11.8. The molecule has 0 aliphatic rings. The van der Waals surface area contributed by atoms with E-state index in [9.17, 15) is 13.2 Å². The fourth-order valence-corrected chi connectivity index (χ4v) is 1.73. The fourth-order valence-electron chi connectivity index (χ4n) is 1.31. The van der Waals surface area contributed by atoms with Crippen LogP contribution in [0.4, 0.5) is 13.2 Å². The first-order valence-corrected chi connectivity index (χ1v) is 5.60. The van der Waals surface area contributed by atoms with Gasteiger partial charge in [-0.15, -0.1) is 10.2 Å². The average molecular weight is 322 g/mol. The lowest BCUT2D eigenvalue weighted by Gasteiger charge is -2.08. The Morgan fingerprint density at radius 1 is 1.28 bits per heavy atom. The van der Waals surface area contributed by atoms with E-state index in [2.05, 4.69) is 26.1 Å². The Balaban J connectivity index is 2.49. The molecule has 1 aromatic heterocycles. The molecule has 1 heterocycles. The topological polar surface area (TPSA) is 64.9 Å². The maximum atomic E-state index is 12.6. The van der Waals surface area contributed by atoms with Crippen LogP contribution < -0.4 is 5.73 Å². The smallest absolute Gasteiger partial charge is 0.416 e. The van der Waals surface area contributed by atoms with Crippen molar-refractivity contribution in [1.82, 2.24) is 10.2 Å². The molecule has 2 aromatic rings. The second-order valence-corrected chi connectivity index (χ2v) is 4.25. The molecule has 0 bridgehead atoms. The summed E-state index contributed by atoms with van der Waals surface area (Å²) in [6, 6.07) is 3.19. The fraction of sp³-hybridized carbons (Fsp3) is 0.200. The molecule has 0 amide bonds. The molecule has 0 fully saturated rings. The SMILES string of the molecule is NCc1nnc(-c2cc(C(F)(F)F)ccc2Br)o1. The first kappa shape index (κ1) is 13.0. The number of halogens is 4. The zero-order valence-corrected chi connectivity index (χ0v) is 10.4. The van der Waals surface area contributed by atoms with Gasteiger partial charge in [0.25, 0.3) is 0 Å². The Bertz CT molecular complexity index is 568. The van der Waals surface area contributed by atoms with Gasteiger partial charge in [0.2, 0.25) is 11.8 Å². The Labute approximate surface area is 108 Å². The Morgan fingerprint density at radius 2 is 2.00 bits per heavy atom. The average Bonchev–Trinajstić information content (AvgIpc) is 2.76. The van der Waals surface area contributed by atoms with Crippen LogP contribution in [0.3, 0.4) is 0 Å². The summed E-state index contributed by atoms with van der Waals surface area (Å²) >= 11 is 3.14. The summed E-state index contributed by atoms with van der Waals surface area (Å²) in [4.78, 5) is 0. The second-order valence-electron chi connectivity index (χ2n) is 3.40. The zero-order chi connectivity index (χ0) is 13.3. The minimum absolute atomic E-state index is 0.00609. The molecule has 2 N–H and O–H groups in total. The molecule has 0 radical (unpaired) electrons. The van der Waals surface area contributed by atoms with Gasteiger partial charge >= 0.3 is 6.18 Å². The number of alkyl halides is 3. The van der Waals surface area contributed by atoms with E-state index in [4.69, 9.17) is 10.2 Å². The number of rotatable bonds is 2. The summed E-state index contributed by atoms with van der Waals surface area (Å²) in [6.07, 6.45) is -4.42. The lowest BCUT2D eigenvalue weighted by Crippen LogP contribution is -2.04. The van der Waals surface area contributed by atoms with Crippen LogP contribution in [0.5, 0.6) is 0 Å². The van der Waals surface area contributed by atoms with Crippen LogP contribution in [-0.2, 0) is 12.7 Å². The minimum atomic E-state index is -4.42. The van der Waals surface area contributed by atoms with E-state index in [0.29, 0.717) is 4.47 Å². The van der Waals surface area contributed by atoms with Gasteiger partial charge in [0.1, 0.15) is 0 Å². The highest BCUT2D eigenvalue weighted by Crippen LogP contribution is 2.35. The molecule has 0 aliphatic heterocycles. The molecule has 2 rings (SSSR count). The van der Waals surface area contributed by atoms with E-state index in [1.807, 2.05) is 0 Å². The Kier molecular flexibility index (Phi) is 3.40. The number of hydrogen-bond donors (Lipinski definition) is 1. The molecule has 0 saturated carbocycles. The van der Waals surface area contributed by atoms with Gasteiger partial charge in [0, 0.05) is 4.47 Å². The maximum absolute atomic E-state index is 12.6. The molecule has 8 heteroatoms. The third-order valence-electron chi connectivity index (χ3n) is 2.17. The number of nitrogens with two attached hydrogens (primary N) is 1. The summed E-state index contributed by atoms with van der Waals surface area (Å²) < 4.78 is 43.3. The van der Waals surface area contributed by atoms with Crippen molar-refractivity contribution in [1.29, 1.82) is 0 Å². The van der Waals surface area contributed by atoms with Crippen LogP contribution in [0.1, 0.15) is 11.5 Å². The van der Waals surface area contributed by atoms with Crippen LogP contribution in [0.25, 0.3) is 11.5 Å². The Morgan fingerprint density at radius 3 is 2.56 bits per heavy atom. The number of nitrogens with zero attached hydrogens (tertiary/aromatic N) is 2. The van der Waals surface area contributed by atoms with E-state index in [-0.39, 0.29) is 23.9 Å². The molecule has 0 saturated heterocycles. The van der Waals surface area contributed by atoms with Gasteiger partial charge in [0.15, 0.2) is 0 Å². The summed E-state index contributed by atoms with van der Waals surface area (Å²) in [5, 5.41) is 7.25. The minimum Gasteiger partial charge on any atom is -0.419 e. The predicted octanol–water partition coefficient (Wildman–Crippen LogP) is 2.98. The lowest BCUT2D eigenvalue weighted by molar-refractivity contribution is -0.137. The van der Waals surface area contributed by atoms with Gasteiger partial charge in [-0.2, -0.15) is 13.2 Å². The summed E-state index contributed by atoms with van der Waals surface area (Å²) in [7, 11) is 0.